The van der Waals surface area contributed by atoms with Crippen LogP contribution < -0.4 is 16.3 Å². The SMILES string of the molecule is Cc1cc(C2CCCNC2)oc(=O)c1C(=O)Nc1nccs1. The molecular formula is C15H17N3O3S. The van der Waals surface area contributed by atoms with E-state index in [4.69, 9.17) is 4.42 Å². The summed E-state index contributed by atoms with van der Waals surface area (Å²) >= 11 is 1.30. The zero-order valence-corrected chi connectivity index (χ0v) is 13.0. The van der Waals surface area contributed by atoms with Gasteiger partial charge in [-0.15, -0.1) is 11.3 Å². The number of carbonyl (C=O) groups excluding carboxylic acids is 1. The van der Waals surface area contributed by atoms with Gasteiger partial charge in [0.15, 0.2) is 5.13 Å². The van der Waals surface area contributed by atoms with Crippen molar-refractivity contribution in [2.45, 2.75) is 25.7 Å². The van der Waals surface area contributed by atoms with E-state index in [2.05, 4.69) is 15.6 Å². The van der Waals surface area contributed by atoms with Gasteiger partial charge in [0.25, 0.3) is 5.91 Å². The van der Waals surface area contributed by atoms with Crippen molar-refractivity contribution in [1.29, 1.82) is 0 Å². The number of nitrogens with one attached hydrogen (secondary N) is 2. The molecule has 2 N–H and O–H groups in total. The van der Waals surface area contributed by atoms with Gasteiger partial charge in [0.2, 0.25) is 0 Å². The lowest BCUT2D eigenvalue weighted by Crippen LogP contribution is -2.30. The van der Waals surface area contributed by atoms with E-state index in [0.717, 1.165) is 25.9 Å². The highest BCUT2D eigenvalue weighted by Crippen LogP contribution is 2.24. The minimum Gasteiger partial charge on any atom is -0.427 e. The molecule has 1 aliphatic heterocycles. The van der Waals surface area contributed by atoms with Crippen molar-refractivity contribution in [2.75, 3.05) is 18.4 Å². The van der Waals surface area contributed by atoms with E-state index in [-0.39, 0.29) is 11.5 Å². The summed E-state index contributed by atoms with van der Waals surface area (Å²) in [6.45, 7) is 3.55. The van der Waals surface area contributed by atoms with Gasteiger partial charge in [-0.3, -0.25) is 10.1 Å². The first kappa shape index (κ1) is 14.9. The number of amides is 1. The number of thiazole rings is 1. The van der Waals surface area contributed by atoms with Crippen LogP contribution in [0.1, 0.15) is 40.4 Å². The highest BCUT2D eigenvalue weighted by molar-refractivity contribution is 7.13. The maximum atomic E-state index is 12.2. The molecule has 1 atom stereocenters. The van der Waals surface area contributed by atoms with Crippen molar-refractivity contribution < 1.29 is 9.21 Å². The molecule has 3 rings (SSSR count). The molecular weight excluding hydrogens is 302 g/mol. The number of hydrogen-bond donors (Lipinski definition) is 2. The summed E-state index contributed by atoms with van der Waals surface area (Å²) in [7, 11) is 0. The van der Waals surface area contributed by atoms with Crippen LogP contribution in [0.5, 0.6) is 0 Å². The van der Waals surface area contributed by atoms with Crippen LogP contribution in [0, 0.1) is 6.92 Å². The van der Waals surface area contributed by atoms with Crippen molar-refractivity contribution in [2.24, 2.45) is 0 Å². The lowest BCUT2D eigenvalue weighted by Gasteiger charge is -2.22. The molecule has 0 radical (unpaired) electrons. The molecule has 7 heteroatoms. The standard InChI is InChI=1S/C15H17N3O3S/c1-9-7-11(10-3-2-4-16-8-10)21-14(20)12(9)13(19)18-15-17-5-6-22-15/h5-7,10,16H,2-4,8H2,1H3,(H,17,18,19). The van der Waals surface area contributed by atoms with Crippen LogP contribution in [0.2, 0.25) is 0 Å². The Hall–Kier alpha value is -1.99. The van der Waals surface area contributed by atoms with Crippen molar-refractivity contribution >= 4 is 22.4 Å². The molecule has 0 saturated carbocycles. The molecule has 0 aromatic carbocycles. The summed E-state index contributed by atoms with van der Waals surface area (Å²) in [5.74, 6) is 0.367. The average Bonchev–Trinajstić information content (AvgIpc) is 3.00. The molecule has 22 heavy (non-hydrogen) atoms. The molecule has 2 aromatic heterocycles. The smallest absolute Gasteiger partial charge is 0.349 e. The van der Waals surface area contributed by atoms with E-state index in [1.54, 1.807) is 24.6 Å². The quantitative estimate of drug-likeness (QED) is 0.905. The van der Waals surface area contributed by atoms with E-state index in [0.29, 0.717) is 16.5 Å². The van der Waals surface area contributed by atoms with Crippen LogP contribution in [-0.4, -0.2) is 24.0 Å². The number of carbonyl (C=O) groups is 1. The van der Waals surface area contributed by atoms with Gasteiger partial charge in [-0.1, -0.05) is 0 Å². The van der Waals surface area contributed by atoms with Crippen LogP contribution in [0.15, 0.2) is 26.9 Å². The monoisotopic (exact) mass is 319 g/mol. The predicted octanol–water partition coefficient (Wildman–Crippen LogP) is 2.12. The Bertz CT molecular complexity index is 718. The number of hydrogen-bond acceptors (Lipinski definition) is 6. The molecule has 1 aliphatic rings. The second-order valence-corrected chi connectivity index (χ2v) is 6.22. The van der Waals surface area contributed by atoms with Crippen LogP contribution >= 0.6 is 11.3 Å². The second-order valence-electron chi connectivity index (χ2n) is 5.33. The van der Waals surface area contributed by atoms with Gasteiger partial charge in [-0.25, -0.2) is 9.78 Å². The lowest BCUT2D eigenvalue weighted by atomic mass is 9.95. The van der Waals surface area contributed by atoms with Crippen molar-refractivity contribution in [1.82, 2.24) is 10.3 Å². The number of nitrogens with zero attached hydrogens (tertiary/aromatic N) is 1. The molecule has 1 unspecified atom stereocenters. The summed E-state index contributed by atoms with van der Waals surface area (Å²) < 4.78 is 5.40. The van der Waals surface area contributed by atoms with Crippen molar-refractivity contribution in [3.05, 3.63) is 45.0 Å². The van der Waals surface area contributed by atoms with Gasteiger partial charge in [0.1, 0.15) is 11.3 Å². The summed E-state index contributed by atoms with van der Waals surface area (Å²) in [6, 6.07) is 1.80. The molecule has 1 saturated heterocycles. The van der Waals surface area contributed by atoms with E-state index >= 15 is 0 Å². The third-order valence-electron chi connectivity index (χ3n) is 3.75. The molecule has 0 spiro atoms. The maximum absolute atomic E-state index is 12.2. The fraction of sp³-hybridized carbons (Fsp3) is 0.400. The number of aromatic nitrogens is 1. The Morgan fingerprint density at radius 1 is 1.55 bits per heavy atom. The van der Waals surface area contributed by atoms with Crippen molar-refractivity contribution in [3.8, 4) is 0 Å². The normalized spacial score (nSPS) is 18.1. The zero-order chi connectivity index (χ0) is 15.5. The van der Waals surface area contributed by atoms with Crippen LogP contribution in [0.25, 0.3) is 0 Å². The van der Waals surface area contributed by atoms with Gasteiger partial charge >= 0.3 is 5.63 Å². The van der Waals surface area contributed by atoms with Gasteiger partial charge in [-0.05, 0) is 37.9 Å². The van der Waals surface area contributed by atoms with Gasteiger partial charge < -0.3 is 9.73 Å². The minimum absolute atomic E-state index is 0.0442. The Morgan fingerprint density at radius 2 is 2.41 bits per heavy atom. The van der Waals surface area contributed by atoms with Gasteiger partial charge in [0.05, 0.1) is 0 Å². The summed E-state index contributed by atoms with van der Waals surface area (Å²) in [5.41, 5.74) is 0.0863. The molecule has 2 aromatic rings. The van der Waals surface area contributed by atoms with Crippen LogP contribution in [-0.2, 0) is 0 Å². The van der Waals surface area contributed by atoms with E-state index in [9.17, 15) is 9.59 Å². The molecule has 1 fully saturated rings. The lowest BCUT2D eigenvalue weighted by molar-refractivity contribution is 0.102. The Balaban J connectivity index is 1.86. The summed E-state index contributed by atoms with van der Waals surface area (Å²) in [4.78, 5) is 28.4. The minimum atomic E-state index is -0.588. The first-order chi connectivity index (χ1) is 10.6. The van der Waals surface area contributed by atoms with Gasteiger partial charge in [0, 0.05) is 24.0 Å². The average molecular weight is 319 g/mol. The largest absolute Gasteiger partial charge is 0.427 e. The van der Waals surface area contributed by atoms with Gasteiger partial charge in [-0.2, -0.15) is 0 Å². The zero-order valence-electron chi connectivity index (χ0n) is 12.2. The Kier molecular flexibility index (Phi) is 4.35. The fourth-order valence-electron chi connectivity index (χ4n) is 2.65. The van der Waals surface area contributed by atoms with E-state index in [1.807, 2.05) is 0 Å². The summed E-state index contributed by atoms with van der Waals surface area (Å²) in [6.07, 6.45) is 3.63. The number of piperidine rings is 1. The molecule has 116 valence electrons. The van der Waals surface area contributed by atoms with Crippen molar-refractivity contribution in [3.63, 3.8) is 0 Å². The first-order valence-corrected chi connectivity index (χ1v) is 8.09. The highest BCUT2D eigenvalue weighted by Gasteiger charge is 2.22. The number of aryl methyl sites for hydroxylation is 1. The van der Waals surface area contributed by atoms with E-state index in [1.165, 1.54) is 11.3 Å². The third kappa shape index (κ3) is 3.10. The Morgan fingerprint density at radius 3 is 3.05 bits per heavy atom. The predicted molar refractivity (Wildman–Crippen MR) is 84.6 cm³/mol. The number of rotatable bonds is 3. The second kappa shape index (κ2) is 6.41. The molecule has 1 amide bonds. The van der Waals surface area contributed by atoms with E-state index < -0.39 is 11.5 Å². The molecule has 0 bridgehead atoms. The first-order valence-electron chi connectivity index (χ1n) is 7.21. The highest BCUT2D eigenvalue weighted by atomic mass is 32.1. The third-order valence-corrected chi connectivity index (χ3v) is 4.44. The van der Waals surface area contributed by atoms with Crippen LogP contribution in [0.4, 0.5) is 5.13 Å². The fourth-order valence-corrected chi connectivity index (χ4v) is 3.17. The number of anilines is 1. The maximum Gasteiger partial charge on any atom is 0.349 e. The topological polar surface area (TPSA) is 84.2 Å². The van der Waals surface area contributed by atoms with Crippen LogP contribution in [0.3, 0.4) is 0 Å². The molecule has 3 heterocycles. The molecule has 0 aliphatic carbocycles. The molecule has 6 nitrogen and oxygen atoms in total. The summed E-state index contributed by atoms with van der Waals surface area (Å²) in [5, 5.41) is 8.12. The Labute approximate surface area is 131 Å².